The summed E-state index contributed by atoms with van der Waals surface area (Å²) in [6.07, 6.45) is 5.37. The Hall–Kier alpha value is -2.46. The van der Waals surface area contributed by atoms with Gasteiger partial charge in [-0.3, -0.25) is 9.79 Å². The topological polar surface area (TPSA) is 53.5 Å². The molecule has 2 heterocycles. The first-order chi connectivity index (χ1) is 11.8. The summed E-state index contributed by atoms with van der Waals surface area (Å²) in [6, 6.07) is 14.7. The van der Waals surface area contributed by atoms with Gasteiger partial charge in [-0.1, -0.05) is 36.4 Å². The molecule has 2 aliphatic heterocycles. The normalized spacial score (nSPS) is 22.2. The van der Waals surface area contributed by atoms with Crippen molar-refractivity contribution >= 4 is 18.2 Å². The van der Waals surface area contributed by atoms with Crippen LogP contribution in [0.25, 0.3) is 6.08 Å². The number of para-hydroxylation sites is 1. The minimum absolute atomic E-state index is 0.0214. The maximum atomic E-state index is 10.7. The molecule has 0 spiro atoms. The second kappa shape index (κ2) is 6.57. The number of carbonyl (C=O) groups excluding carboxylic acids is 1. The molecule has 0 aromatic heterocycles. The largest absolute Gasteiger partial charge is 0.327 e. The van der Waals surface area contributed by atoms with Crippen LogP contribution in [0.15, 0.2) is 47.5 Å². The van der Waals surface area contributed by atoms with Gasteiger partial charge in [0.25, 0.3) is 0 Å². The number of rotatable bonds is 4. The highest BCUT2D eigenvalue weighted by Crippen LogP contribution is 2.26. The lowest BCUT2D eigenvalue weighted by Crippen LogP contribution is -2.28. The second-order valence-corrected chi connectivity index (χ2v) is 6.46. The van der Waals surface area contributed by atoms with Gasteiger partial charge in [0.1, 0.15) is 0 Å². The van der Waals surface area contributed by atoms with Crippen molar-refractivity contribution in [2.45, 2.75) is 24.8 Å². The molecule has 2 aromatic rings. The van der Waals surface area contributed by atoms with Crippen LogP contribution in [0.4, 0.5) is 5.69 Å². The molecule has 0 radical (unpaired) electrons. The summed E-state index contributed by atoms with van der Waals surface area (Å²) in [5, 5.41) is 8.15. The first kappa shape index (κ1) is 15.1. The summed E-state index contributed by atoms with van der Waals surface area (Å²) in [5.74, 6) is 0.623. The quantitative estimate of drug-likeness (QED) is 0.846. The number of carbonyl (C=O) groups is 1. The molecule has 0 saturated carbocycles. The number of hydrogen-bond donors (Lipinski definition) is 2. The average molecular weight is 319 g/mol. The molecule has 122 valence electrons. The van der Waals surface area contributed by atoms with Crippen LogP contribution in [0.5, 0.6) is 0 Å². The van der Waals surface area contributed by atoms with Gasteiger partial charge in [-0.15, -0.1) is 0 Å². The minimum atomic E-state index is 0.0214. The van der Waals surface area contributed by atoms with Gasteiger partial charge in [0.05, 0.1) is 17.1 Å². The van der Waals surface area contributed by atoms with Gasteiger partial charge in [0.15, 0.2) is 0 Å². The smallest absolute Gasteiger partial charge is 0.211 e. The van der Waals surface area contributed by atoms with E-state index in [9.17, 15) is 4.79 Å². The first-order valence-electron chi connectivity index (χ1n) is 8.54. The average Bonchev–Trinajstić information content (AvgIpc) is 3.08. The van der Waals surface area contributed by atoms with E-state index in [1.165, 1.54) is 24.0 Å². The van der Waals surface area contributed by atoms with E-state index in [1.807, 2.05) is 18.2 Å². The fourth-order valence-corrected chi connectivity index (χ4v) is 3.64. The third kappa shape index (κ3) is 2.85. The third-order valence-electron chi connectivity index (χ3n) is 4.93. The zero-order chi connectivity index (χ0) is 16.4. The van der Waals surface area contributed by atoms with Gasteiger partial charge in [0, 0.05) is 11.8 Å². The summed E-state index contributed by atoms with van der Waals surface area (Å²) >= 11 is 0. The Balaban J connectivity index is 1.60. The second-order valence-electron chi connectivity index (χ2n) is 6.46. The fourth-order valence-electron chi connectivity index (χ4n) is 3.64. The number of hydrogen-bond acceptors (Lipinski definition) is 3. The van der Waals surface area contributed by atoms with Gasteiger partial charge in [-0.05, 0) is 48.6 Å². The number of benzene rings is 2. The molecule has 0 aliphatic carbocycles. The van der Waals surface area contributed by atoms with E-state index in [2.05, 4.69) is 41.0 Å². The van der Waals surface area contributed by atoms with Crippen molar-refractivity contribution in [3.63, 3.8) is 0 Å². The molecule has 2 atom stereocenters. The van der Waals surface area contributed by atoms with Crippen molar-refractivity contribution in [2.75, 3.05) is 18.4 Å². The highest BCUT2D eigenvalue weighted by molar-refractivity contribution is 5.71. The lowest BCUT2D eigenvalue weighted by atomic mass is 9.90. The Morgan fingerprint density at radius 2 is 1.96 bits per heavy atom. The molecule has 4 nitrogen and oxygen atoms in total. The fraction of sp³-hybridized carbons (Fsp3) is 0.300. The van der Waals surface area contributed by atoms with Gasteiger partial charge < -0.3 is 10.6 Å². The predicted molar refractivity (Wildman–Crippen MR) is 95.4 cm³/mol. The molecule has 4 heteroatoms. The lowest BCUT2D eigenvalue weighted by Gasteiger charge is -2.23. The Bertz CT molecular complexity index is 851. The van der Waals surface area contributed by atoms with Crippen LogP contribution >= 0.6 is 0 Å². The predicted octanol–water partition coefficient (Wildman–Crippen LogP) is 1.88. The van der Waals surface area contributed by atoms with Crippen molar-refractivity contribution < 1.29 is 4.79 Å². The van der Waals surface area contributed by atoms with Crippen molar-refractivity contribution in [3.8, 4) is 0 Å². The Kier molecular flexibility index (Phi) is 4.13. The zero-order valence-corrected chi connectivity index (χ0v) is 13.5. The molecular formula is C20H21N3O. The number of nitrogens with zero attached hydrogens (tertiary/aromatic N) is 1. The molecule has 2 aromatic carbocycles. The third-order valence-corrected chi connectivity index (χ3v) is 4.93. The maximum absolute atomic E-state index is 10.7. The van der Waals surface area contributed by atoms with E-state index in [1.54, 1.807) is 0 Å². The number of amides is 1. The highest BCUT2D eigenvalue weighted by Gasteiger charge is 2.17. The number of anilines is 1. The molecule has 2 N–H and O–H groups in total. The number of nitrogens with one attached hydrogen (secondary N) is 2. The minimum Gasteiger partial charge on any atom is -0.327 e. The molecule has 4 rings (SSSR count). The van der Waals surface area contributed by atoms with Gasteiger partial charge in [0.2, 0.25) is 6.41 Å². The molecule has 1 amide bonds. The standard InChI is InChI=1S/C20H21N3O/c24-13-22-18-5-1-3-16-11-19(23-20(16)18)15-8-6-14(7-9-15)17-4-2-10-21-12-17/h1,3,5-9,11,13,17,19,21H,2,4,10,12H2,(H,22,24)/t17-,19?/m1/s1. The Labute approximate surface area is 141 Å². The van der Waals surface area contributed by atoms with Gasteiger partial charge in [-0.25, -0.2) is 0 Å². The summed E-state index contributed by atoms with van der Waals surface area (Å²) < 4.78 is 0. The van der Waals surface area contributed by atoms with Crippen LogP contribution in [0.2, 0.25) is 0 Å². The van der Waals surface area contributed by atoms with Crippen LogP contribution < -0.4 is 21.2 Å². The van der Waals surface area contributed by atoms with Crippen LogP contribution in [-0.2, 0) is 4.79 Å². The van der Waals surface area contributed by atoms with E-state index in [-0.39, 0.29) is 6.04 Å². The molecule has 0 bridgehead atoms. The SMILES string of the molecule is O=CNc1cccc2c1=NC(c1ccc([C@@H]3CCCNC3)cc1)C=2. The summed E-state index contributed by atoms with van der Waals surface area (Å²) in [6.45, 7) is 2.21. The van der Waals surface area contributed by atoms with Crippen molar-refractivity contribution in [2.24, 2.45) is 4.99 Å². The van der Waals surface area contributed by atoms with E-state index in [0.717, 1.165) is 29.4 Å². The van der Waals surface area contributed by atoms with E-state index in [4.69, 9.17) is 4.99 Å². The maximum Gasteiger partial charge on any atom is 0.211 e. The monoisotopic (exact) mass is 319 g/mol. The summed E-state index contributed by atoms with van der Waals surface area (Å²) in [7, 11) is 0. The van der Waals surface area contributed by atoms with E-state index in [0.29, 0.717) is 12.3 Å². The molecule has 1 unspecified atom stereocenters. The Morgan fingerprint density at radius 1 is 1.12 bits per heavy atom. The molecular weight excluding hydrogens is 298 g/mol. The summed E-state index contributed by atoms with van der Waals surface area (Å²) in [5.41, 5.74) is 3.37. The molecule has 1 saturated heterocycles. The van der Waals surface area contributed by atoms with Crippen LogP contribution in [0.1, 0.15) is 35.9 Å². The van der Waals surface area contributed by atoms with Crippen molar-refractivity contribution in [3.05, 3.63) is 64.2 Å². The summed E-state index contributed by atoms with van der Waals surface area (Å²) in [4.78, 5) is 15.5. The van der Waals surface area contributed by atoms with Crippen LogP contribution in [0.3, 0.4) is 0 Å². The number of fused-ring (bicyclic) bond motifs is 1. The van der Waals surface area contributed by atoms with Gasteiger partial charge >= 0.3 is 0 Å². The lowest BCUT2D eigenvalue weighted by molar-refractivity contribution is -0.105. The molecule has 2 aliphatic rings. The van der Waals surface area contributed by atoms with Crippen molar-refractivity contribution in [1.82, 2.24) is 5.32 Å². The van der Waals surface area contributed by atoms with E-state index < -0.39 is 0 Å². The molecule has 24 heavy (non-hydrogen) atoms. The zero-order valence-electron chi connectivity index (χ0n) is 13.5. The Morgan fingerprint density at radius 3 is 2.71 bits per heavy atom. The number of piperidine rings is 1. The van der Waals surface area contributed by atoms with Crippen LogP contribution in [-0.4, -0.2) is 19.5 Å². The highest BCUT2D eigenvalue weighted by atomic mass is 16.1. The van der Waals surface area contributed by atoms with Gasteiger partial charge in [-0.2, -0.15) is 0 Å². The first-order valence-corrected chi connectivity index (χ1v) is 8.54. The van der Waals surface area contributed by atoms with E-state index >= 15 is 0 Å². The van der Waals surface area contributed by atoms with Crippen LogP contribution in [0, 0.1) is 0 Å². The molecule has 1 fully saturated rings. The van der Waals surface area contributed by atoms with Crippen molar-refractivity contribution in [1.29, 1.82) is 0 Å².